The highest BCUT2D eigenvalue weighted by molar-refractivity contribution is 7.10. The van der Waals surface area contributed by atoms with Crippen LogP contribution in [-0.4, -0.2) is 77.1 Å². The molecule has 1 saturated heterocycles. The minimum atomic E-state index is -1.07. The number of nitrogens with zero attached hydrogens (tertiary/aromatic N) is 2. The van der Waals surface area contributed by atoms with Crippen LogP contribution in [0.3, 0.4) is 0 Å². The van der Waals surface area contributed by atoms with Crippen LogP contribution in [0.5, 0.6) is 5.75 Å². The van der Waals surface area contributed by atoms with Crippen molar-refractivity contribution < 1.29 is 33.8 Å². The lowest BCUT2D eigenvalue weighted by atomic mass is 10.1. The first-order valence-corrected chi connectivity index (χ1v) is 14.2. The minimum absolute atomic E-state index is 0.0122. The summed E-state index contributed by atoms with van der Waals surface area (Å²) in [6.07, 6.45) is -0.923. The molecule has 0 saturated carbocycles. The number of aliphatic hydroxyl groups is 1. The van der Waals surface area contributed by atoms with Crippen molar-refractivity contribution in [3.05, 3.63) is 52.2 Å². The molecule has 13 heteroatoms. The zero-order chi connectivity index (χ0) is 30.0. The van der Waals surface area contributed by atoms with Gasteiger partial charge in [-0.3, -0.25) is 14.4 Å². The fraction of sp³-hybridized carbons (Fsp3) is 0.464. The number of benzene rings is 1. The highest BCUT2D eigenvalue weighted by Crippen LogP contribution is 2.20. The van der Waals surface area contributed by atoms with Crippen molar-refractivity contribution in [2.24, 2.45) is 10.7 Å². The standard InChI is InChI=1S/C28H37N5O7S/c1-28(2,3)40-27(38)32-25(29)18-14-20(41-17-18)15-31-26(37)24-21(34)11-12-33(24)23(36)16-30-22(35)10-7-13-39-19-8-5-4-6-9-19/h4-6,8-9,14,17,21,24,34H,7,10-13,15-16H2,1-3H3,(H,30,35)(H,31,37)(H2,29,32,38). The predicted molar refractivity (Wildman–Crippen MR) is 153 cm³/mol. The Morgan fingerprint density at radius 2 is 1.90 bits per heavy atom. The van der Waals surface area contributed by atoms with Crippen LogP contribution in [0.4, 0.5) is 4.79 Å². The molecule has 3 rings (SSSR count). The molecule has 2 aromatic rings. The average molecular weight is 588 g/mol. The van der Waals surface area contributed by atoms with E-state index in [4.69, 9.17) is 15.2 Å². The molecule has 2 heterocycles. The van der Waals surface area contributed by atoms with Gasteiger partial charge in [-0.1, -0.05) is 18.2 Å². The van der Waals surface area contributed by atoms with Gasteiger partial charge in [-0.15, -0.1) is 11.3 Å². The number of amidine groups is 1. The summed E-state index contributed by atoms with van der Waals surface area (Å²) in [4.78, 5) is 55.5. The number of hydrogen-bond acceptors (Lipinski definition) is 8. The van der Waals surface area contributed by atoms with Crippen molar-refractivity contribution in [1.29, 1.82) is 0 Å². The number of carbonyl (C=O) groups is 4. The molecule has 222 valence electrons. The molecule has 1 fully saturated rings. The Labute approximate surface area is 242 Å². The number of likely N-dealkylation sites (tertiary alicyclic amines) is 1. The van der Waals surface area contributed by atoms with Crippen LogP contribution < -0.4 is 21.1 Å². The highest BCUT2D eigenvalue weighted by atomic mass is 32.1. The fourth-order valence-corrected chi connectivity index (χ4v) is 4.83. The van der Waals surface area contributed by atoms with Crippen LogP contribution in [0.25, 0.3) is 0 Å². The first-order valence-electron chi connectivity index (χ1n) is 13.3. The van der Waals surface area contributed by atoms with Crippen molar-refractivity contribution in [3.63, 3.8) is 0 Å². The lowest BCUT2D eigenvalue weighted by molar-refractivity contribution is -0.140. The molecule has 1 aliphatic heterocycles. The first kappa shape index (κ1) is 31.6. The molecular weight excluding hydrogens is 550 g/mol. The van der Waals surface area contributed by atoms with Gasteiger partial charge < -0.3 is 35.8 Å². The first-order chi connectivity index (χ1) is 19.4. The number of carbonyl (C=O) groups excluding carboxylic acids is 4. The van der Waals surface area contributed by atoms with Gasteiger partial charge in [0, 0.05) is 28.8 Å². The van der Waals surface area contributed by atoms with Gasteiger partial charge in [0.25, 0.3) is 0 Å². The second-order valence-corrected chi connectivity index (χ2v) is 11.4. The Morgan fingerprint density at radius 1 is 1.17 bits per heavy atom. The predicted octanol–water partition coefficient (Wildman–Crippen LogP) is 1.94. The summed E-state index contributed by atoms with van der Waals surface area (Å²) in [6, 6.07) is 9.86. The van der Waals surface area contributed by atoms with Crippen LogP contribution in [-0.2, 0) is 25.7 Å². The molecule has 0 radical (unpaired) electrons. The highest BCUT2D eigenvalue weighted by Gasteiger charge is 2.40. The van der Waals surface area contributed by atoms with Gasteiger partial charge in [-0.25, -0.2) is 4.79 Å². The molecule has 1 aromatic carbocycles. The van der Waals surface area contributed by atoms with Gasteiger partial charge >= 0.3 is 6.09 Å². The molecule has 41 heavy (non-hydrogen) atoms. The summed E-state index contributed by atoms with van der Waals surface area (Å²) in [5.41, 5.74) is 5.72. The number of ether oxygens (including phenoxy) is 2. The molecule has 0 spiro atoms. The van der Waals surface area contributed by atoms with Gasteiger partial charge in [-0.2, -0.15) is 4.99 Å². The SMILES string of the molecule is CC(C)(C)OC(=O)/N=C(\N)c1csc(CNC(=O)C2C(O)CCN2C(=O)CNC(=O)CCCOc2ccccc2)c1. The Balaban J connectivity index is 1.44. The van der Waals surface area contributed by atoms with Crippen LogP contribution in [0, 0.1) is 0 Å². The van der Waals surface area contributed by atoms with Gasteiger partial charge in [-0.05, 0) is 51.8 Å². The maximum Gasteiger partial charge on any atom is 0.436 e. The number of aliphatic hydroxyl groups excluding tert-OH is 1. The number of amides is 4. The van der Waals surface area contributed by atoms with Crippen molar-refractivity contribution in [1.82, 2.24) is 15.5 Å². The van der Waals surface area contributed by atoms with Gasteiger partial charge in [0.2, 0.25) is 17.7 Å². The van der Waals surface area contributed by atoms with E-state index >= 15 is 0 Å². The summed E-state index contributed by atoms with van der Waals surface area (Å²) in [5.74, 6) is -0.575. The van der Waals surface area contributed by atoms with Gasteiger partial charge in [0.15, 0.2) is 0 Å². The second-order valence-electron chi connectivity index (χ2n) is 10.4. The summed E-state index contributed by atoms with van der Waals surface area (Å²) in [6.45, 7) is 5.56. The van der Waals surface area contributed by atoms with E-state index in [0.29, 0.717) is 18.6 Å². The van der Waals surface area contributed by atoms with E-state index in [1.54, 1.807) is 32.2 Å². The number of thiophene rings is 1. The summed E-state index contributed by atoms with van der Waals surface area (Å²) < 4.78 is 10.7. The molecule has 1 aromatic heterocycles. The van der Waals surface area contributed by atoms with E-state index in [1.807, 2.05) is 30.3 Å². The zero-order valence-electron chi connectivity index (χ0n) is 23.4. The van der Waals surface area contributed by atoms with Crippen molar-refractivity contribution in [2.75, 3.05) is 19.7 Å². The number of hydrogen-bond donors (Lipinski definition) is 4. The van der Waals surface area contributed by atoms with Crippen LogP contribution in [0.1, 0.15) is 50.5 Å². The Morgan fingerprint density at radius 3 is 2.61 bits per heavy atom. The molecule has 2 unspecified atom stereocenters. The largest absolute Gasteiger partial charge is 0.494 e. The number of rotatable bonds is 11. The van der Waals surface area contributed by atoms with Gasteiger partial charge in [0.1, 0.15) is 23.2 Å². The zero-order valence-corrected chi connectivity index (χ0v) is 24.2. The number of nitrogens with one attached hydrogen (secondary N) is 2. The molecule has 0 bridgehead atoms. The van der Waals surface area contributed by atoms with E-state index in [0.717, 1.165) is 10.6 Å². The normalized spacial score (nSPS) is 17.2. The third kappa shape index (κ3) is 10.2. The molecule has 2 atom stereocenters. The maximum atomic E-state index is 12.9. The average Bonchev–Trinajstić information content (AvgIpc) is 3.55. The summed E-state index contributed by atoms with van der Waals surface area (Å²) >= 11 is 1.30. The fourth-order valence-electron chi connectivity index (χ4n) is 4.01. The summed E-state index contributed by atoms with van der Waals surface area (Å²) in [5, 5.41) is 17.4. The molecular formula is C28H37N5O7S. The van der Waals surface area contributed by atoms with E-state index in [2.05, 4.69) is 15.6 Å². The van der Waals surface area contributed by atoms with Crippen molar-refractivity contribution in [2.45, 2.75) is 64.3 Å². The van der Waals surface area contributed by atoms with Crippen LogP contribution in [0.15, 0.2) is 46.8 Å². The van der Waals surface area contributed by atoms with Crippen LogP contribution in [0.2, 0.25) is 0 Å². The van der Waals surface area contributed by atoms with Crippen LogP contribution >= 0.6 is 11.3 Å². The molecule has 12 nitrogen and oxygen atoms in total. The molecule has 4 amide bonds. The topological polar surface area (TPSA) is 173 Å². The van der Waals surface area contributed by atoms with E-state index in [9.17, 15) is 24.3 Å². The quantitative estimate of drug-likeness (QED) is 0.175. The number of para-hydroxylation sites is 1. The molecule has 1 aliphatic rings. The second kappa shape index (κ2) is 14.6. The lowest BCUT2D eigenvalue weighted by Gasteiger charge is -2.25. The molecule has 0 aliphatic carbocycles. The van der Waals surface area contributed by atoms with E-state index in [1.165, 1.54) is 16.2 Å². The Kier molecular flexibility index (Phi) is 11.2. The third-order valence-electron chi connectivity index (χ3n) is 5.94. The van der Waals surface area contributed by atoms with E-state index in [-0.39, 0.29) is 44.2 Å². The molecule has 5 N–H and O–H groups in total. The summed E-state index contributed by atoms with van der Waals surface area (Å²) in [7, 11) is 0. The Bertz CT molecular complexity index is 1240. The van der Waals surface area contributed by atoms with E-state index < -0.39 is 35.7 Å². The number of aliphatic imine (C=N–C) groups is 1. The maximum absolute atomic E-state index is 12.9. The third-order valence-corrected chi connectivity index (χ3v) is 6.88. The number of nitrogens with two attached hydrogens (primary N) is 1. The smallest absolute Gasteiger partial charge is 0.436 e. The van der Waals surface area contributed by atoms with Gasteiger partial charge in [0.05, 0.1) is 25.8 Å². The van der Waals surface area contributed by atoms with Crippen molar-refractivity contribution >= 4 is 41.0 Å². The minimum Gasteiger partial charge on any atom is -0.494 e. The monoisotopic (exact) mass is 587 g/mol. The lowest BCUT2D eigenvalue weighted by Crippen LogP contribution is -2.52. The Hall–Kier alpha value is -3.97. The van der Waals surface area contributed by atoms with Crippen molar-refractivity contribution in [3.8, 4) is 5.75 Å².